The van der Waals surface area contributed by atoms with Gasteiger partial charge in [0.05, 0.1) is 6.42 Å². The topological polar surface area (TPSA) is 52.6 Å². The molecule has 1 saturated heterocycles. The third kappa shape index (κ3) is 1.44. The molecule has 3 aliphatic rings. The Morgan fingerprint density at radius 1 is 1.56 bits per heavy atom. The minimum absolute atomic E-state index is 0.0577. The van der Waals surface area contributed by atoms with Crippen molar-refractivity contribution < 1.29 is 19.1 Å². The Bertz CT molecular complexity index is 441. The lowest BCUT2D eigenvalue weighted by Crippen LogP contribution is -2.42. The molecule has 0 aromatic rings. The number of hydrogen-bond acceptors (Lipinski definition) is 4. The van der Waals surface area contributed by atoms with Crippen molar-refractivity contribution in [2.45, 2.75) is 45.3 Å². The summed E-state index contributed by atoms with van der Waals surface area (Å²) in [4.78, 5) is 23.1. The minimum atomic E-state index is -0.324. The summed E-state index contributed by atoms with van der Waals surface area (Å²) in [5, 5.41) is 0. The van der Waals surface area contributed by atoms with Gasteiger partial charge in [-0.2, -0.15) is 0 Å². The van der Waals surface area contributed by atoms with Gasteiger partial charge in [0.15, 0.2) is 0 Å². The molecule has 98 valence electrons. The summed E-state index contributed by atoms with van der Waals surface area (Å²) in [6.07, 6.45) is 2.23. The zero-order valence-electron chi connectivity index (χ0n) is 10.8. The standard InChI is InChI=1S/C14H18O4/c1-7(2)13(16)17-10-4-8-6-14(10,3)9-5-11(15)18-12(8)9/h8-10,12H,1,4-6H2,2-3H3/t8?,9-,10?,12?,14-/m0/s1. The predicted molar refractivity (Wildman–Crippen MR) is 63.5 cm³/mol. The maximum absolute atomic E-state index is 11.7. The average molecular weight is 250 g/mol. The number of rotatable bonds is 2. The van der Waals surface area contributed by atoms with Crippen molar-refractivity contribution in [3.8, 4) is 0 Å². The molecule has 3 rings (SSSR count). The Kier molecular flexibility index (Phi) is 2.34. The van der Waals surface area contributed by atoms with Gasteiger partial charge in [0.1, 0.15) is 12.2 Å². The first-order valence-corrected chi connectivity index (χ1v) is 6.48. The normalized spacial score (nSPS) is 44.7. The SMILES string of the molecule is C=C(C)C(=O)OC1CC2C[C@@]1(C)[C@H]1CC(=O)OC21. The van der Waals surface area contributed by atoms with Gasteiger partial charge in [-0.1, -0.05) is 13.5 Å². The van der Waals surface area contributed by atoms with Crippen LogP contribution in [0.15, 0.2) is 12.2 Å². The molecule has 0 aromatic carbocycles. The van der Waals surface area contributed by atoms with Crippen LogP contribution in [0.3, 0.4) is 0 Å². The maximum Gasteiger partial charge on any atom is 0.333 e. The van der Waals surface area contributed by atoms with E-state index in [4.69, 9.17) is 9.47 Å². The average Bonchev–Trinajstić information content (AvgIpc) is 2.87. The quantitative estimate of drug-likeness (QED) is 0.554. The predicted octanol–water partition coefficient (Wildman–Crippen LogP) is 1.84. The number of carbonyl (C=O) groups is 2. The van der Waals surface area contributed by atoms with Gasteiger partial charge in [0, 0.05) is 22.8 Å². The van der Waals surface area contributed by atoms with E-state index in [2.05, 4.69) is 13.5 Å². The minimum Gasteiger partial charge on any atom is -0.462 e. The molecule has 2 bridgehead atoms. The molecule has 4 heteroatoms. The van der Waals surface area contributed by atoms with E-state index < -0.39 is 0 Å². The number of esters is 2. The third-order valence-corrected chi connectivity index (χ3v) is 4.91. The van der Waals surface area contributed by atoms with Crippen LogP contribution in [-0.2, 0) is 19.1 Å². The molecule has 4 nitrogen and oxygen atoms in total. The molecule has 0 spiro atoms. The van der Waals surface area contributed by atoms with E-state index in [1.54, 1.807) is 6.92 Å². The zero-order chi connectivity index (χ0) is 13.1. The fourth-order valence-electron chi connectivity index (χ4n) is 3.99. The van der Waals surface area contributed by atoms with Crippen LogP contribution in [0.5, 0.6) is 0 Å². The molecule has 0 amide bonds. The summed E-state index contributed by atoms with van der Waals surface area (Å²) in [6, 6.07) is 0. The van der Waals surface area contributed by atoms with Gasteiger partial charge < -0.3 is 9.47 Å². The van der Waals surface area contributed by atoms with E-state index in [-0.39, 0.29) is 35.5 Å². The Balaban J connectivity index is 1.79. The van der Waals surface area contributed by atoms with Crippen LogP contribution in [0, 0.1) is 17.3 Å². The van der Waals surface area contributed by atoms with Crippen molar-refractivity contribution >= 4 is 11.9 Å². The lowest BCUT2D eigenvalue weighted by atomic mass is 9.73. The lowest BCUT2D eigenvalue weighted by molar-refractivity contribution is -0.155. The molecule has 0 radical (unpaired) electrons. The summed E-state index contributed by atoms with van der Waals surface area (Å²) in [5.74, 6) is 0.143. The van der Waals surface area contributed by atoms with Gasteiger partial charge in [0.2, 0.25) is 0 Å². The molecule has 0 aromatic heterocycles. The van der Waals surface area contributed by atoms with Gasteiger partial charge in [-0.15, -0.1) is 0 Å². The highest BCUT2D eigenvalue weighted by Crippen LogP contribution is 2.62. The van der Waals surface area contributed by atoms with Crippen LogP contribution in [0.4, 0.5) is 0 Å². The molecule has 2 saturated carbocycles. The summed E-state index contributed by atoms with van der Waals surface area (Å²) in [6.45, 7) is 7.38. The molecular weight excluding hydrogens is 232 g/mol. The molecule has 1 heterocycles. The Hall–Kier alpha value is -1.32. The smallest absolute Gasteiger partial charge is 0.333 e. The molecule has 5 atom stereocenters. The van der Waals surface area contributed by atoms with E-state index in [0.717, 1.165) is 12.8 Å². The van der Waals surface area contributed by atoms with Crippen LogP contribution in [0.25, 0.3) is 0 Å². The summed E-state index contributed by atoms with van der Waals surface area (Å²) >= 11 is 0. The Morgan fingerprint density at radius 2 is 2.28 bits per heavy atom. The van der Waals surface area contributed by atoms with E-state index in [1.165, 1.54) is 0 Å². The third-order valence-electron chi connectivity index (χ3n) is 4.91. The van der Waals surface area contributed by atoms with E-state index in [1.807, 2.05) is 0 Å². The molecule has 3 fully saturated rings. The van der Waals surface area contributed by atoms with Gasteiger partial charge in [0.25, 0.3) is 0 Å². The fourth-order valence-corrected chi connectivity index (χ4v) is 3.99. The highest BCUT2D eigenvalue weighted by Gasteiger charge is 2.65. The molecule has 3 unspecified atom stereocenters. The highest BCUT2D eigenvalue weighted by molar-refractivity contribution is 5.87. The zero-order valence-corrected chi connectivity index (χ0v) is 10.8. The first-order valence-electron chi connectivity index (χ1n) is 6.48. The number of ether oxygens (including phenoxy) is 2. The second kappa shape index (κ2) is 3.59. The first-order chi connectivity index (χ1) is 8.41. The fraction of sp³-hybridized carbons (Fsp3) is 0.714. The molecule has 18 heavy (non-hydrogen) atoms. The van der Waals surface area contributed by atoms with E-state index in [9.17, 15) is 9.59 Å². The number of hydrogen-bond donors (Lipinski definition) is 0. The van der Waals surface area contributed by atoms with Crippen molar-refractivity contribution in [1.29, 1.82) is 0 Å². The van der Waals surface area contributed by atoms with Crippen LogP contribution in [0.1, 0.15) is 33.1 Å². The lowest BCUT2D eigenvalue weighted by Gasteiger charge is -2.37. The monoisotopic (exact) mass is 250 g/mol. The van der Waals surface area contributed by atoms with Gasteiger partial charge >= 0.3 is 11.9 Å². The van der Waals surface area contributed by atoms with Crippen LogP contribution in [0.2, 0.25) is 0 Å². The first kappa shape index (κ1) is 11.8. The van der Waals surface area contributed by atoms with Gasteiger partial charge in [-0.25, -0.2) is 4.79 Å². The largest absolute Gasteiger partial charge is 0.462 e. The van der Waals surface area contributed by atoms with Gasteiger partial charge in [-0.05, 0) is 19.8 Å². The van der Waals surface area contributed by atoms with Crippen molar-refractivity contribution in [1.82, 2.24) is 0 Å². The second-order valence-corrected chi connectivity index (χ2v) is 6.15. The molecular formula is C14H18O4. The highest BCUT2D eigenvalue weighted by atomic mass is 16.6. The van der Waals surface area contributed by atoms with Crippen molar-refractivity contribution in [3.63, 3.8) is 0 Å². The molecule has 1 aliphatic heterocycles. The number of fused-ring (bicyclic) bond motifs is 5. The van der Waals surface area contributed by atoms with Crippen LogP contribution < -0.4 is 0 Å². The van der Waals surface area contributed by atoms with Crippen LogP contribution in [-0.4, -0.2) is 24.1 Å². The van der Waals surface area contributed by atoms with Crippen molar-refractivity contribution in [3.05, 3.63) is 12.2 Å². The number of carbonyl (C=O) groups excluding carboxylic acids is 2. The summed E-state index contributed by atoms with van der Waals surface area (Å²) in [5.41, 5.74) is 0.323. The second-order valence-electron chi connectivity index (χ2n) is 6.15. The van der Waals surface area contributed by atoms with Crippen molar-refractivity contribution in [2.75, 3.05) is 0 Å². The molecule has 2 aliphatic carbocycles. The van der Waals surface area contributed by atoms with Crippen LogP contribution >= 0.6 is 0 Å². The van der Waals surface area contributed by atoms with Crippen molar-refractivity contribution in [2.24, 2.45) is 17.3 Å². The van der Waals surface area contributed by atoms with Gasteiger partial charge in [-0.3, -0.25) is 4.79 Å². The molecule has 0 N–H and O–H groups in total. The van der Waals surface area contributed by atoms with E-state index >= 15 is 0 Å². The maximum atomic E-state index is 11.7. The Morgan fingerprint density at radius 3 is 2.94 bits per heavy atom. The summed E-state index contributed by atoms with van der Waals surface area (Å²) < 4.78 is 10.9. The Labute approximate surface area is 106 Å². The summed E-state index contributed by atoms with van der Waals surface area (Å²) in [7, 11) is 0. The van der Waals surface area contributed by atoms with E-state index in [0.29, 0.717) is 17.9 Å².